The first-order valence-electron chi connectivity index (χ1n) is 7.32. The fraction of sp³-hybridized carbons (Fsp3) is 0.467. The van der Waals surface area contributed by atoms with Gasteiger partial charge in [0.2, 0.25) is 5.91 Å². The summed E-state index contributed by atoms with van der Waals surface area (Å²) >= 11 is 0. The Kier molecular flexibility index (Phi) is 3.94. The lowest BCUT2D eigenvalue weighted by atomic mass is 10.0. The standard InChI is InChI=1S/C15H19N5O/c1-11-4-2-5-12(10-11)13-6-3-9-20(13)15(21)8-7-14-16-18-19-17-14/h2,4-5,10,13H,3,6-9H2,1H3,(H,16,17,18,19). The van der Waals surface area contributed by atoms with Crippen LogP contribution in [0.1, 0.15) is 42.3 Å². The number of carbonyl (C=O) groups excluding carboxylic acids is 1. The van der Waals surface area contributed by atoms with Gasteiger partial charge in [-0.05, 0) is 25.3 Å². The first kappa shape index (κ1) is 13.7. The third-order valence-electron chi connectivity index (χ3n) is 3.95. The van der Waals surface area contributed by atoms with Crippen LogP contribution in [-0.2, 0) is 11.2 Å². The van der Waals surface area contributed by atoms with Crippen molar-refractivity contribution in [2.75, 3.05) is 6.54 Å². The molecule has 1 aromatic carbocycles. The van der Waals surface area contributed by atoms with Gasteiger partial charge < -0.3 is 4.90 Å². The lowest BCUT2D eigenvalue weighted by Crippen LogP contribution is -2.30. The highest BCUT2D eigenvalue weighted by molar-refractivity contribution is 5.77. The third-order valence-corrected chi connectivity index (χ3v) is 3.95. The van der Waals surface area contributed by atoms with Gasteiger partial charge in [0, 0.05) is 19.4 Å². The maximum Gasteiger partial charge on any atom is 0.223 e. The van der Waals surface area contributed by atoms with Crippen LogP contribution >= 0.6 is 0 Å². The molecule has 6 nitrogen and oxygen atoms in total. The van der Waals surface area contributed by atoms with Crippen LogP contribution in [0.25, 0.3) is 0 Å². The number of H-pyrrole nitrogens is 1. The smallest absolute Gasteiger partial charge is 0.223 e. The summed E-state index contributed by atoms with van der Waals surface area (Å²) in [6, 6.07) is 8.65. The van der Waals surface area contributed by atoms with E-state index in [-0.39, 0.29) is 11.9 Å². The first-order chi connectivity index (χ1) is 10.2. The number of carbonyl (C=O) groups is 1. The molecule has 1 fully saturated rings. The van der Waals surface area contributed by atoms with Crippen molar-refractivity contribution in [3.8, 4) is 0 Å². The Labute approximate surface area is 123 Å². The van der Waals surface area contributed by atoms with Gasteiger partial charge in [0.25, 0.3) is 0 Å². The number of benzene rings is 1. The van der Waals surface area contributed by atoms with E-state index in [9.17, 15) is 4.79 Å². The van der Waals surface area contributed by atoms with Crippen LogP contribution in [0.3, 0.4) is 0 Å². The second kappa shape index (κ2) is 6.03. The fourth-order valence-corrected chi connectivity index (χ4v) is 2.94. The highest BCUT2D eigenvalue weighted by Crippen LogP contribution is 2.32. The summed E-state index contributed by atoms with van der Waals surface area (Å²) in [5.74, 6) is 0.762. The molecule has 1 aliphatic heterocycles. The van der Waals surface area contributed by atoms with Gasteiger partial charge >= 0.3 is 0 Å². The molecule has 0 saturated carbocycles. The number of hydrogen-bond donors (Lipinski definition) is 1. The molecule has 0 spiro atoms. The lowest BCUT2D eigenvalue weighted by molar-refractivity contribution is -0.132. The van der Waals surface area contributed by atoms with E-state index in [1.807, 2.05) is 4.90 Å². The number of amides is 1. The SMILES string of the molecule is Cc1cccc(C2CCCN2C(=O)CCc2nn[nH]n2)c1. The molecule has 110 valence electrons. The van der Waals surface area contributed by atoms with Gasteiger partial charge in [0.05, 0.1) is 6.04 Å². The van der Waals surface area contributed by atoms with Gasteiger partial charge in [-0.25, -0.2) is 0 Å². The molecule has 2 heterocycles. The van der Waals surface area contributed by atoms with E-state index in [1.165, 1.54) is 11.1 Å². The summed E-state index contributed by atoms with van der Waals surface area (Å²) in [4.78, 5) is 14.4. The minimum atomic E-state index is 0.170. The summed E-state index contributed by atoms with van der Waals surface area (Å²) < 4.78 is 0. The maximum absolute atomic E-state index is 12.4. The highest BCUT2D eigenvalue weighted by atomic mass is 16.2. The number of nitrogens with one attached hydrogen (secondary N) is 1. The van der Waals surface area contributed by atoms with Crippen molar-refractivity contribution >= 4 is 5.91 Å². The molecule has 1 aromatic heterocycles. The molecule has 0 bridgehead atoms. The van der Waals surface area contributed by atoms with Gasteiger partial charge in [-0.2, -0.15) is 5.21 Å². The van der Waals surface area contributed by atoms with Gasteiger partial charge in [-0.1, -0.05) is 35.0 Å². The molecule has 2 aromatic rings. The minimum Gasteiger partial charge on any atom is -0.336 e. The van der Waals surface area contributed by atoms with E-state index < -0.39 is 0 Å². The number of aromatic amines is 1. The Hall–Kier alpha value is -2.24. The Morgan fingerprint density at radius 1 is 1.48 bits per heavy atom. The molecule has 6 heteroatoms. The zero-order valence-corrected chi connectivity index (χ0v) is 12.1. The van der Waals surface area contributed by atoms with Crippen molar-refractivity contribution < 1.29 is 4.79 Å². The molecular formula is C15H19N5O. The summed E-state index contributed by atoms with van der Waals surface area (Å²) in [5, 5.41) is 13.7. The Morgan fingerprint density at radius 3 is 3.14 bits per heavy atom. The Morgan fingerprint density at radius 2 is 2.38 bits per heavy atom. The summed E-state index contributed by atoms with van der Waals surface area (Å²) in [6.07, 6.45) is 3.07. The Bertz CT molecular complexity index is 610. The molecule has 3 rings (SSSR count). The predicted octanol–water partition coefficient (Wildman–Crippen LogP) is 1.80. The number of aromatic nitrogens is 4. The number of rotatable bonds is 4. The van der Waals surface area contributed by atoms with Crippen molar-refractivity contribution in [3.63, 3.8) is 0 Å². The average molecular weight is 285 g/mol. The van der Waals surface area contributed by atoms with Crippen LogP contribution in [0, 0.1) is 6.92 Å². The van der Waals surface area contributed by atoms with Crippen LogP contribution < -0.4 is 0 Å². The van der Waals surface area contributed by atoms with Crippen molar-refractivity contribution in [1.82, 2.24) is 25.5 Å². The number of tetrazole rings is 1. The van der Waals surface area contributed by atoms with Crippen molar-refractivity contribution in [2.45, 2.75) is 38.6 Å². The van der Waals surface area contributed by atoms with E-state index in [1.54, 1.807) is 0 Å². The van der Waals surface area contributed by atoms with E-state index >= 15 is 0 Å². The van der Waals surface area contributed by atoms with Gasteiger partial charge in [0.15, 0.2) is 5.82 Å². The van der Waals surface area contributed by atoms with E-state index in [0.29, 0.717) is 18.7 Å². The normalized spacial score (nSPS) is 18.1. The molecule has 0 aliphatic carbocycles. The van der Waals surface area contributed by atoms with Crippen LogP contribution in [0.4, 0.5) is 0 Å². The number of nitrogens with zero attached hydrogens (tertiary/aromatic N) is 4. The first-order valence-corrected chi connectivity index (χ1v) is 7.32. The lowest BCUT2D eigenvalue weighted by Gasteiger charge is -2.25. The minimum absolute atomic E-state index is 0.170. The second-order valence-electron chi connectivity index (χ2n) is 5.49. The molecule has 1 amide bonds. The molecule has 1 unspecified atom stereocenters. The van der Waals surface area contributed by atoms with Gasteiger partial charge in [-0.3, -0.25) is 4.79 Å². The van der Waals surface area contributed by atoms with Gasteiger partial charge in [0.1, 0.15) is 0 Å². The van der Waals surface area contributed by atoms with E-state index in [4.69, 9.17) is 0 Å². The monoisotopic (exact) mass is 285 g/mol. The van der Waals surface area contributed by atoms with Crippen molar-refractivity contribution in [3.05, 3.63) is 41.2 Å². The van der Waals surface area contributed by atoms with Crippen LogP contribution in [0.15, 0.2) is 24.3 Å². The molecule has 21 heavy (non-hydrogen) atoms. The molecule has 1 atom stereocenters. The zero-order chi connectivity index (χ0) is 14.7. The third kappa shape index (κ3) is 3.09. The molecular weight excluding hydrogens is 266 g/mol. The Balaban J connectivity index is 1.67. The number of likely N-dealkylation sites (tertiary alicyclic amines) is 1. The predicted molar refractivity (Wildman–Crippen MR) is 77.4 cm³/mol. The fourth-order valence-electron chi connectivity index (χ4n) is 2.94. The molecule has 1 aliphatic rings. The van der Waals surface area contributed by atoms with E-state index in [0.717, 1.165) is 19.4 Å². The summed E-state index contributed by atoms with van der Waals surface area (Å²) in [6.45, 7) is 2.92. The van der Waals surface area contributed by atoms with Crippen molar-refractivity contribution in [1.29, 1.82) is 0 Å². The van der Waals surface area contributed by atoms with E-state index in [2.05, 4.69) is 51.8 Å². The van der Waals surface area contributed by atoms with Crippen LogP contribution in [0.2, 0.25) is 0 Å². The second-order valence-corrected chi connectivity index (χ2v) is 5.49. The largest absolute Gasteiger partial charge is 0.336 e. The van der Waals surface area contributed by atoms with Gasteiger partial charge in [-0.15, -0.1) is 10.2 Å². The van der Waals surface area contributed by atoms with Crippen LogP contribution in [-0.4, -0.2) is 38.0 Å². The quantitative estimate of drug-likeness (QED) is 0.929. The maximum atomic E-state index is 12.4. The number of aryl methyl sites for hydroxylation is 2. The molecule has 0 radical (unpaired) electrons. The summed E-state index contributed by atoms with van der Waals surface area (Å²) in [7, 11) is 0. The average Bonchev–Trinajstić information content (AvgIpc) is 3.16. The molecule has 1 saturated heterocycles. The zero-order valence-electron chi connectivity index (χ0n) is 12.1. The number of hydrogen-bond acceptors (Lipinski definition) is 4. The summed E-state index contributed by atoms with van der Waals surface area (Å²) in [5.41, 5.74) is 2.47. The van der Waals surface area contributed by atoms with Crippen molar-refractivity contribution in [2.24, 2.45) is 0 Å². The topological polar surface area (TPSA) is 74.8 Å². The highest BCUT2D eigenvalue weighted by Gasteiger charge is 2.29. The van der Waals surface area contributed by atoms with Crippen LogP contribution in [0.5, 0.6) is 0 Å². The molecule has 1 N–H and O–H groups in total.